The molecule has 0 bridgehead atoms. The lowest BCUT2D eigenvalue weighted by Crippen LogP contribution is -2.35. The zero-order valence-corrected chi connectivity index (χ0v) is 16.4. The van der Waals surface area contributed by atoms with E-state index in [4.69, 9.17) is 17.0 Å². The summed E-state index contributed by atoms with van der Waals surface area (Å²) in [5, 5.41) is 4.82. The molecule has 1 N–H and O–H groups in total. The molecule has 1 aromatic heterocycles. The van der Waals surface area contributed by atoms with Gasteiger partial charge in [-0.1, -0.05) is 67.9 Å². The van der Waals surface area contributed by atoms with Crippen molar-refractivity contribution in [2.45, 2.75) is 44.7 Å². The van der Waals surface area contributed by atoms with Gasteiger partial charge in [-0.2, -0.15) is 0 Å². The molecule has 2 aromatic carbocycles. The van der Waals surface area contributed by atoms with E-state index in [1.807, 2.05) is 30.3 Å². The molecule has 0 radical (unpaired) electrons. The van der Waals surface area contributed by atoms with E-state index in [9.17, 15) is 0 Å². The summed E-state index contributed by atoms with van der Waals surface area (Å²) in [6.07, 6.45) is 8.59. The number of thiocarbonyl (C=S) groups is 1. The SMILES string of the molecule is S=C(NC1CCCCC1)c1cn(CCOc2ccccc2)c2ccccc12. The van der Waals surface area contributed by atoms with E-state index in [0.29, 0.717) is 12.6 Å². The van der Waals surface area contributed by atoms with Gasteiger partial charge in [-0.3, -0.25) is 0 Å². The van der Waals surface area contributed by atoms with E-state index in [1.54, 1.807) is 0 Å². The molecule has 0 amide bonds. The van der Waals surface area contributed by atoms with Crippen LogP contribution in [0.15, 0.2) is 60.8 Å². The lowest BCUT2D eigenvalue weighted by Gasteiger charge is -2.24. The van der Waals surface area contributed by atoms with Crippen molar-refractivity contribution >= 4 is 28.1 Å². The average molecular weight is 379 g/mol. The molecule has 1 saturated carbocycles. The maximum Gasteiger partial charge on any atom is 0.119 e. The third-order valence-corrected chi connectivity index (χ3v) is 5.66. The Labute approximate surface area is 166 Å². The maximum atomic E-state index is 5.88. The van der Waals surface area contributed by atoms with Crippen LogP contribution in [0.3, 0.4) is 0 Å². The first-order valence-electron chi connectivity index (χ1n) is 9.88. The number of rotatable bonds is 6. The highest BCUT2D eigenvalue weighted by Gasteiger charge is 2.17. The molecule has 0 aliphatic heterocycles. The third-order valence-electron chi connectivity index (χ3n) is 5.32. The fraction of sp³-hybridized carbons (Fsp3) is 0.348. The highest BCUT2D eigenvalue weighted by Crippen LogP contribution is 2.24. The highest BCUT2D eigenvalue weighted by molar-refractivity contribution is 7.80. The van der Waals surface area contributed by atoms with Crippen molar-refractivity contribution in [1.29, 1.82) is 0 Å². The van der Waals surface area contributed by atoms with Crippen LogP contribution in [0.2, 0.25) is 0 Å². The number of hydrogen-bond donors (Lipinski definition) is 1. The van der Waals surface area contributed by atoms with Crippen molar-refractivity contribution in [3.63, 3.8) is 0 Å². The summed E-state index contributed by atoms with van der Waals surface area (Å²) in [7, 11) is 0. The summed E-state index contributed by atoms with van der Waals surface area (Å²) in [5.74, 6) is 0.906. The van der Waals surface area contributed by atoms with Crippen LogP contribution in [0, 0.1) is 0 Å². The second-order valence-corrected chi connectivity index (χ2v) is 7.63. The predicted octanol–water partition coefficient (Wildman–Crippen LogP) is 5.32. The number of para-hydroxylation sites is 2. The van der Waals surface area contributed by atoms with Gasteiger partial charge in [0.1, 0.15) is 17.3 Å². The number of nitrogens with zero attached hydrogens (tertiary/aromatic N) is 1. The van der Waals surface area contributed by atoms with Crippen molar-refractivity contribution in [3.8, 4) is 5.75 Å². The van der Waals surface area contributed by atoms with Crippen LogP contribution in [-0.2, 0) is 6.54 Å². The minimum absolute atomic E-state index is 0.523. The van der Waals surface area contributed by atoms with Crippen molar-refractivity contribution in [3.05, 3.63) is 66.4 Å². The van der Waals surface area contributed by atoms with Crippen molar-refractivity contribution < 1.29 is 4.74 Å². The fourth-order valence-electron chi connectivity index (χ4n) is 3.90. The first kappa shape index (κ1) is 18.1. The molecular formula is C23H26N2OS. The van der Waals surface area contributed by atoms with Crippen LogP contribution >= 0.6 is 12.2 Å². The molecule has 0 atom stereocenters. The smallest absolute Gasteiger partial charge is 0.119 e. The number of ether oxygens (including phenoxy) is 1. The fourth-order valence-corrected chi connectivity index (χ4v) is 4.23. The van der Waals surface area contributed by atoms with Gasteiger partial charge < -0.3 is 14.6 Å². The van der Waals surface area contributed by atoms with Crippen molar-refractivity contribution in [1.82, 2.24) is 9.88 Å². The van der Waals surface area contributed by atoms with Crippen LogP contribution in [0.5, 0.6) is 5.75 Å². The molecule has 0 unspecified atom stereocenters. The van der Waals surface area contributed by atoms with Crippen LogP contribution < -0.4 is 10.1 Å². The lowest BCUT2D eigenvalue weighted by atomic mass is 9.95. The first-order valence-corrected chi connectivity index (χ1v) is 10.3. The molecule has 4 rings (SSSR count). The highest BCUT2D eigenvalue weighted by atomic mass is 32.1. The standard InChI is InChI=1S/C23H26N2OS/c27-23(24-18-9-3-1-4-10-18)21-17-25(22-14-8-7-13-20(21)22)15-16-26-19-11-5-2-6-12-19/h2,5-8,11-14,17-18H,1,3-4,9-10,15-16H2,(H,24,27). The third kappa shape index (κ3) is 4.33. The summed E-state index contributed by atoms with van der Waals surface area (Å²) in [4.78, 5) is 0.876. The largest absolute Gasteiger partial charge is 0.492 e. The maximum absolute atomic E-state index is 5.88. The topological polar surface area (TPSA) is 26.2 Å². The predicted molar refractivity (Wildman–Crippen MR) is 116 cm³/mol. The van der Waals surface area contributed by atoms with E-state index in [0.717, 1.165) is 22.8 Å². The quantitative estimate of drug-likeness (QED) is 0.588. The van der Waals surface area contributed by atoms with Gasteiger partial charge in [-0.25, -0.2) is 0 Å². The van der Waals surface area contributed by atoms with Crippen LogP contribution in [0.4, 0.5) is 0 Å². The molecule has 4 heteroatoms. The summed E-state index contributed by atoms with van der Waals surface area (Å²) in [5.41, 5.74) is 2.34. The number of benzene rings is 2. The van der Waals surface area contributed by atoms with Gasteiger partial charge in [0.05, 0.1) is 6.54 Å². The minimum atomic E-state index is 0.523. The molecule has 1 aliphatic rings. The molecule has 0 spiro atoms. The Hall–Kier alpha value is -2.33. The monoisotopic (exact) mass is 378 g/mol. The van der Waals surface area contributed by atoms with Gasteiger partial charge in [0.2, 0.25) is 0 Å². The van der Waals surface area contributed by atoms with Gasteiger partial charge in [-0.15, -0.1) is 0 Å². The summed E-state index contributed by atoms with van der Waals surface area (Å²) in [6, 6.07) is 19.0. The van der Waals surface area contributed by atoms with E-state index < -0.39 is 0 Å². The van der Waals surface area contributed by atoms with Gasteiger partial charge in [-0.05, 0) is 31.0 Å². The number of fused-ring (bicyclic) bond motifs is 1. The second kappa shape index (κ2) is 8.57. The van der Waals surface area contributed by atoms with Crippen LogP contribution in [-0.4, -0.2) is 22.2 Å². The number of hydrogen-bond acceptors (Lipinski definition) is 2. The van der Waals surface area contributed by atoms with Gasteiger partial charge in [0, 0.05) is 28.7 Å². The molecule has 27 heavy (non-hydrogen) atoms. The molecule has 1 fully saturated rings. The molecule has 3 nitrogen and oxygen atoms in total. The molecule has 3 aromatic rings. The average Bonchev–Trinajstić information content (AvgIpc) is 3.09. The molecule has 1 heterocycles. The lowest BCUT2D eigenvalue weighted by molar-refractivity contribution is 0.300. The zero-order chi connectivity index (χ0) is 18.5. The normalized spacial score (nSPS) is 15.0. The van der Waals surface area contributed by atoms with Gasteiger partial charge >= 0.3 is 0 Å². The van der Waals surface area contributed by atoms with Crippen LogP contribution in [0.25, 0.3) is 10.9 Å². The van der Waals surface area contributed by atoms with Crippen molar-refractivity contribution in [2.75, 3.05) is 6.61 Å². The first-order chi connectivity index (χ1) is 13.3. The molecule has 140 valence electrons. The molecule has 1 aliphatic carbocycles. The molecular weight excluding hydrogens is 352 g/mol. The summed E-state index contributed by atoms with van der Waals surface area (Å²) >= 11 is 5.78. The molecule has 0 saturated heterocycles. The van der Waals surface area contributed by atoms with Gasteiger partial charge in [0.15, 0.2) is 0 Å². The Morgan fingerprint density at radius 2 is 1.74 bits per heavy atom. The zero-order valence-electron chi connectivity index (χ0n) is 15.6. The Balaban J connectivity index is 1.49. The Kier molecular flexibility index (Phi) is 5.73. The van der Waals surface area contributed by atoms with E-state index in [2.05, 4.69) is 40.3 Å². The number of aromatic nitrogens is 1. The van der Waals surface area contributed by atoms with Crippen LogP contribution in [0.1, 0.15) is 37.7 Å². The number of nitrogens with one attached hydrogen (secondary N) is 1. The van der Waals surface area contributed by atoms with E-state index >= 15 is 0 Å². The Morgan fingerprint density at radius 3 is 2.56 bits per heavy atom. The van der Waals surface area contributed by atoms with E-state index in [1.165, 1.54) is 43.0 Å². The van der Waals surface area contributed by atoms with Gasteiger partial charge in [0.25, 0.3) is 0 Å². The summed E-state index contributed by atoms with van der Waals surface area (Å²) < 4.78 is 8.13. The second-order valence-electron chi connectivity index (χ2n) is 7.22. The van der Waals surface area contributed by atoms with E-state index in [-0.39, 0.29) is 0 Å². The Morgan fingerprint density at radius 1 is 1.00 bits per heavy atom. The minimum Gasteiger partial charge on any atom is -0.492 e. The van der Waals surface area contributed by atoms with Crippen molar-refractivity contribution in [2.24, 2.45) is 0 Å². The summed E-state index contributed by atoms with van der Waals surface area (Å²) in [6.45, 7) is 1.42. The Bertz CT molecular complexity index is 897.